The highest BCUT2D eigenvalue weighted by Gasteiger charge is 2.24. The Labute approximate surface area is 114 Å². The SMILES string of the molecule is COc1cc(N2CCOCC2=O)c(Cl)cc1C(=O)O. The third-order valence-electron chi connectivity index (χ3n) is 2.78. The molecule has 1 aromatic rings. The second kappa shape index (κ2) is 5.46. The van der Waals surface area contributed by atoms with Crippen molar-refractivity contribution in [2.45, 2.75) is 0 Å². The summed E-state index contributed by atoms with van der Waals surface area (Å²) in [6, 6.07) is 2.73. The normalized spacial score (nSPS) is 15.5. The van der Waals surface area contributed by atoms with E-state index in [9.17, 15) is 9.59 Å². The van der Waals surface area contributed by atoms with E-state index in [0.29, 0.717) is 18.8 Å². The van der Waals surface area contributed by atoms with Crippen LogP contribution in [-0.2, 0) is 9.53 Å². The number of aromatic carboxylic acids is 1. The molecule has 1 fully saturated rings. The Balaban J connectivity index is 2.46. The first-order valence-corrected chi connectivity index (χ1v) is 5.91. The molecule has 1 aliphatic rings. The minimum absolute atomic E-state index is 0.0146. The summed E-state index contributed by atoms with van der Waals surface area (Å²) in [4.78, 5) is 24.3. The Bertz CT molecular complexity index is 531. The van der Waals surface area contributed by atoms with Crippen molar-refractivity contribution in [3.63, 3.8) is 0 Å². The summed E-state index contributed by atoms with van der Waals surface area (Å²) in [6.45, 7) is 0.762. The van der Waals surface area contributed by atoms with Crippen LogP contribution in [0.3, 0.4) is 0 Å². The van der Waals surface area contributed by atoms with E-state index in [1.165, 1.54) is 24.1 Å². The van der Waals surface area contributed by atoms with E-state index in [4.69, 9.17) is 26.2 Å². The number of amides is 1. The molecule has 19 heavy (non-hydrogen) atoms. The first-order valence-electron chi connectivity index (χ1n) is 5.53. The molecule has 1 N–H and O–H groups in total. The number of halogens is 1. The molecule has 0 unspecified atom stereocenters. The van der Waals surface area contributed by atoms with Gasteiger partial charge in [0.05, 0.1) is 24.4 Å². The number of methoxy groups -OCH3 is 1. The Morgan fingerprint density at radius 2 is 2.26 bits per heavy atom. The van der Waals surface area contributed by atoms with Gasteiger partial charge in [-0.2, -0.15) is 0 Å². The van der Waals surface area contributed by atoms with Crippen molar-refractivity contribution in [1.82, 2.24) is 0 Å². The first-order chi connectivity index (χ1) is 9.04. The fraction of sp³-hybridized carbons (Fsp3) is 0.333. The van der Waals surface area contributed by atoms with E-state index < -0.39 is 5.97 Å². The van der Waals surface area contributed by atoms with Crippen LogP contribution in [0.1, 0.15) is 10.4 Å². The molecular weight excluding hydrogens is 274 g/mol. The molecule has 1 heterocycles. The number of anilines is 1. The zero-order valence-corrected chi connectivity index (χ0v) is 10.9. The predicted molar refractivity (Wildman–Crippen MR) is 68.1 cm³/mol. The maximum atomic E-state index is 11.8. The molecule has 0 saturated carbocycles. The van der Waals surface area contributed by atoms with Gasteiger partial charge in [-0.05, 0) is 6.07 Å². The number of carbonyl (C=O) groups excluding carboxylic acids is 1. The molecule has 1 amide bonds. The number of hydrogen-bond acceptors (Lipinski definition) is 4. The smallest absolute Gasteiger partial charge is 0.339 e. The molecule has 6 nitrogen and oxygen atoms in total. The Morgan fingerprint density at radius 3 is 2.84 bits per heavy atom. The second-order valence-electron chi connectivity index (χ2n) is 3.91. The van der Waals surface area contributed by atoms with Gasteiger partial charge < -0.3 is 19.5 Å². The minimum atomic E-state index is -1.14. The van der Waals surface area contributed by atoms with Gasteiger partial charge in [0.25, 0.3) is 5.91 Å². The van der Waals surface area contributed by atoms with Crippen molar-refractivity contribution in [3.8, 4) is 5.75 Å². The zero-order chi connectivity index (χ0) is 14.0. The maximum absolute atomic E-state index is 11.8. The Kier molecular flexibility index (Phi) is 3.92. The topological polar surface area (TPSA) is 76.1 Å². The summed E-state index contributed by atoms with van der Waals surface area (Å²) >= 11 is 6.05. The summed E-state index contributed by atoms with van der Waals surface area (Å²) in [6.07, 6.45) is 0. The van der Waals surface area contributed by atoms with Crippen LogP contribution >= 0.6 is 11.6 Å². The van der Waals surface area contributed by atoms with Crippen molar-refractivity contribution < 1.29 is 24.2 Å². The molecule has 102 valence electrons. The van der Waals surface area contributed by atoms with E-state index in [2.05, 4.69) is 0 Å². The number of morpholine rings is 1. The van der Waals surface area contributed by atoms with E-state index >= 15 is 0 Å². The van der Waals surface area contributed by atoms with Crippen LogP contribution in [0.25, 0.3) is 0 Å². The minimum Gasteiger partial charge on any atom is -0.496 e. The summed E-state index contributed by atoms with van der Waals surface area (Å²) in [5.41, 5.74) is 0.383. The zero-order valence-electron chi connectivity index (χ0n) is 10.2. The molecule has 0 spiro atoms. The molecule has 0 aliphatic carbocycles. The van der Waals surface area contributed by atoms with Gasteiger partial charge in [-0.1, -0.05) is 11.6 Å². The summed E-state index contributed by atoms with van der Waals surface area (Å²) < 4.78 is 10.1. The fourth-order valence-electron chi connectivity index (χ4n) is 1.86. The Morgan fingerprint density at radius 1 is 1.53 bits per heavy atom. The first kappa shape index (κ1) is 13.6. The second-order valence-corrected chi connectivity index (χ2v) is 4.31. The molecule has 0 radical (unpaired) electrons. The highest BCUT2D eigenvalue weighted by molar-refractivity contribution is 6.34. The van der Waals surface area contributed by atoms with Gasteiger partial charge in [-0.3, -0.25) is 4.79 Å². The maximum Gasteiger partial charge on any atom is 0.339 e. The van der Waals surface area contributed by atoms with Crippen molar-refractivity contribution in [1.29, 1.82) is 0 Å². The van der Waals surface area contributed by atoms with Crippen LogP contribution in [0, 0.1) is 0 Å². The summed E-state index contributed by atoms with van der Waals surface area (Å²) in [5.74, 6) is -1.21. The van der Waals surface area contributed by atoms with Gasteiger partial charge in [0.1, 0.15) is 17.9 Å². The molecule has 1 aromatic carbocycles. The molecule has 0 atom stereocenters. The van der Waals surface area contributed by atoms with Crippen molar-refractivity contribution >= 4 is 29.2 Å². The van der Waals surface area contributed by atoms with Crippen molar-refractivity contribution in [2.24, 2.45) is 0 Å². The average molecular weight is 286 g/mol. The monoisotopic (exact) mass is 285 g/mol. The van der Waals surface area contributed by atoms with Gasteiger partial charge in [0, 0.05) is 12.6 Å². The van der Waals surface area contributed by atoms with Crippen LogP contribution in [0.2, 0.25) is 5.02 Å². The average Bonchev–Trinajstić information content (AvgIpc) is 2.39. The summed E-state index contributed by atoms with van der Waals surface area (Å²) in [5, 5.41) is 9.22. The highest BCUT2D eigenvalue weighted by atomic mass is 35.5. The molecule has 7 heteroatoms. The highest BCUT2D eigenvalue weighted by Crippen LogP contribution is 2.34. The van der Waals surface area contributed by atoms with Gasteiger partial charge in [-0.15, -0.1) is 0 Å². The van der Waals surface area contributed by atoms with Gasteiger partial charge in [-0.25, -0.2) is 4.79 Å². The molecule has 1 aliphatic heterocycles. The number of carbonyl (C=O) groups is 2. The lowest BCUT2D eigenvalue weighted by atomic mass is 10.1. The molecule has 1 saturated heterocycles. The largest absolute Gasteiger partial charge is 0.496 e. The van der Waals surface area contributed by atoms with E-state index in [0.717, 1.165) is 0 Å². The third-order valence-corrected chi connectivity index (χ3v) is 3.08. The third kappa shape index (κ3) is 2.64. The number of nitrogens with zero attached hydrogens (tertiary/aromatic N) is 1. The van der Waals surface area contributed by atoms with E-state index in [1.54, 1.807) is 0 Å². The molecule has 2 rings (SSSR count). The number of benzene rings is 1. The quantitative estimate of drug-likeness (QED) is 0.909. The van der Waals surface area contributed by atoms with Crippen molar-refractivity contribution in [3.05, 3.63) is 22.7 Å². The summed E-state index contributed by atoms with van der Waals surface area (Å²) in [7, 11) is 1.36. The van der Waals surface area contributed by atoms with Gasteiger partial charge >= 0.3 is 5.97 Å². The number of carboxylic acid groups (broad SMARTS) is 1. The predicted octanol–water partition coefficient (Wildman–Crippen LogP) is 1.41. The lowest BCUT2D eigenvalue weighted by Crippen LogP contribution is -2.41. The van der Waals surface area contributed by atoms with Crippen LogP contribution in [0.4, 0.5) is 5.69 Å². The number of carboxylic acids is 1. The molecular formula is C12H12ClNO5. The Hall–Kier alpha value is -1.79. The number of ether oxygens (including phenoxy) is 2. The van der Waals surface area contributed by atoms with Crippen LogP contribution in [0.15, 0.2) is 12.1 Å². The van der Waals surface area contributed by atoms with Crippen LogP contribution < -0.4 is 9.64 Å². The van der Waals surface area contributed by atoms with Crippen LogP contribution in [0.5, 0.6) is 5.75 Å². The number of rotatable bonds is 3. The van der Waals surface area contributed by atoms with Gasteiger partial charge in [0.15, 0.2) is 0 Å². The number of hydrogen-bond donors (Lipinski definition) is 1. The lowest BCUT2D eigenvalue weighted by molar-refractivity contribution is -0.125. The molecule has 0 aromatic heterocycles. The fourth-order valence-corrected chi connectivity index (χ4v) is 2.12. The van der Waals surface area contributed by atoms with Gasteiger partial charge in [0.2, 0.25) is 0 Å². The lowest BCUT2D eigenvalue weighted by Gasteiger charge is -2.28. The molecule has 0 bridgehead atoms. The van der Waals surface area contributed by atoms with Crippen LogP contribution in [-0.4, -0.2) is 43.9 Å². The van der Waals surface area contributed by atoms with E-state index in [-0.39, 0.29) is 28.8 Å². The van der Waals surface area contributed by atoms with E-state index in [1.807, 2.05) is 0 Å². The standard InChI is InChI=1S/C12H12ClNO5/c1-18-10-5-9(8(13)4-7(10)12(16)17)14-2-3-19-6-11(14)15/h4-5H,2-3,6H2,1H3,(H,16,17). The van der Waals surface area contributed by atoms with Crippen molar-refractivity contribution in [2.75, 3.05) is 31.8 Å².